The van der Waals surface area contributed by atoms with Crippen molar-refractivity contribution in [3.8, 4) is 11.8 Å². The van der Waals surface area contributed by atoms with E-state index in [-0.39, 0.29) is 5.91 Å². The Hall–Kier alpha value is -2.32. The van der Waals surface area contributed by atoms with Crippen LogP contribution in [0.2, 0.25) is 0 Å². The van der Waals surface area contributed by atoms with E-state index in [9.17, 15) is 15.2 Å². The molecule has 0 fully saturated rings. The van der Waals surface area contributed by atoms with Gasteiger partial charge in [-0.3, -0.25) is 4.79 Å². The Morgan fingerprint density at radius 1 is 1.46 bits per heavy atom. The first-order valence-corrected chi connectivity index (χ1v) is 8.21. The number of hydrogen-bond acceptors (Lipinski definition) is 4. The topological polar surface area (TPSA) is 73.6 Å². The minimum Gasteiger partial charge on any atom is -0.485 e. The summed E-state index contributed by atoms with van der Waals surface area (Å²) in [5, 5.41) is 20.1. The van der Waals surface area contributed by atoms with Gasteiger partial charge in [0.15, 0.2) is 0 Å². The summed E-state index contributed by atoms with van der Waals surface area (Å²) < 4.78 is 5.93. The van der Waals surface area contributed by atoms with Crippen molar-refractivity contribution in [2.24, 2.45) is 0 Å². The lowest BCUT2D eigenvalue weighted by Crippen LogP contribution is -2.54. The van der Waals surface area contributed by atoms with E-state index in [1.54, 1.807) is 23.1 Å². The number of nitrogens with zero attached hydrogens (tertiary/aromatic N) is 2. The van der Waals surface area contributed by atoms with Gasteiger partial charge in [-0.1, -0.05) is 6.92 Å². The molecule has 5 heteroatoms. The molecule has 1 N–H and O–H groups in total. The van der Waals surface area contributed by atoms with Gasteiger partial charge in [-0.25, -0.2) is 0 Å². The Morgan fingerprint density at radius 3 is 2.75 bits per heavy atom. The van der Waals surface area contributed by atoms with Crippen LogP contribution in [0.1, 0.15) is 51.3 Å². The number of carbonyl (C=O) groups is 1. The lowest BCUT2D eigenvalue weighted by molar-refractivity contribution is -0.138. The molecular formula is C19H22N2O3. The summed E-state index contributed by atoms with van der Waals surface area (Å²) in [5.74, 6) is 0.578. The number of benzene rings is 1. The van der Waals surface area contributed by atoms with Crippen molar-refractivity contribution in [1.82, 2.24) is 4.90 Å². The highest BCUT2D eigenvalue weighted by Gasteiger charge is 2.48. The third kappa shape index (κ3) is 2.38. The zero-order valence-corrected chi connectivity index (χ0v) is 14.5. The first-order chi connectivity index (χ1) is 11.3. The zero-order chi connectivity index (χ0) is 17.6. The lowest BCUT2D eigenvalue weighted by atomic mass is 9.85. The van der Waals surface area contributed by atoms with E-state index in [0.717, 1.165) is 11.1 Å². The van der Waals surface area contributed by atoms with Gasteiger partial charge in [0, 0.05) is 17.7 Å². The monoisotopic (exact) mass is 326 g/mol. The molecule has 0 bridgehead atoms. The molecule has 24 heavy (non-hydrogen) atoms. The molecule has 2 aliphatic heterocycles. The van der Waals surface area contributed by atoms with E-state index in [0.29, 0.717) is 29.8 Å². The largest absolute Gasteiger partial charge is 0.485 e. The van der Waals surface area contributed by atoms with Gasteiger partial charge in [-0.2, -0.15) is 5.26 Å². The molecule has 0 aromatic heterocycles. The van der Waals surface area contributed by atoms with Crippen LogP contribution in [-0.2, 0) is 4.79 Å². The Balaban J connectivity index is 2.10. The van der Waals surface area contributed by atoms with Gasteiger partial charge in [0.2, 0.25) is 0 Å². The van der Waals surface area contributed by atoms with Crippen LogP contribution in [0.15, 0.2) is 29.3 Å². The molecule has 3 rings (SSSR count). The standard InChI is InChI=1S/C19H22N2O3/c1-5-13-11(2)10-21(18(13)23)16-14-8-12(9-20)6-7-15(14)24-19(3,4)17(16)22/h6-8,16-17,22H,5,10H2,1-4H3. The summed E-state index contributed by atoms with van der Waals surface area (Å²) in [6.45, 7) is 8.04. The summed E-state index contributed by atoms with van der Waals surface area (Å²) >= 11 is 0. The molecule has 0 radical (unpaired) electrons. The summed E-state index contributed by atoms with van der Waals surface area (Å²) in [5.41, 5.74) is 2.21. The Bertz CT molecular complexity index is 773. The first kappa shape index (κ1) is 16.5. The molecule has 0 aliphatic carbocycles. The van der Waals surface area contributed by atoms with Crippen LogP contribution in [0.25, 0.3) is 0 Å². The number of hydrogen-bond donors (Lipinski definition) is 1. The maximum atomic E-state index is 12.8. The predicted octanol–water partition coefficient (Wildman–Crippen LogP) is 2.70. The second kappa shape index (κ2) is 5.64. The molecule has 1 amide bonds. The first-order valence-electron chi connectivity index (χ1n) is 8.21. The molecule has 5 nitrogen and oxygen atoms in total. The van der Waals surface area contributed by atoms with Crippen LogP contribution in [0.5, 0.6) is 5.75 Å². The van der Waals surface area contributed by atoms with Crippen molar-refractivity contribution in [2.45, 2.75) is 51.9 Å². The van der Waals surface area contributed by atoms with Gasteiger partial charge in [0.25, 0.3) is 5.91 Å². The molecule has 2 unspecified atom stereocenters. The molecule has 0 spiro atoms. The van der Waals surface area contributed by atoms with Crippen LogP contribution in [0.3, 0.4) is 0 Å². The van der Waals surface area contributed by atoms with Crippen molar-refractivity contribution in [2.75, 3.05) is 6.54 Å². The van der Waals surface area contributed by atoms with E-state index < -0.39 is 17.7 Å². The van der Waals surface area contributed by atoms with Crippen LogP contribution in [0.4, 0.5) is 0 Å². The molecule has 2 aliphatic rings. The second-order valence-corrected chi connectivity index (χ2v) is 7.01. The minimum absolute atomic E-state index is 0.0370. The summed E-state index contributed by atoms with van der Waals surface area (Å²) in [6, 6.07) is 6.74. The number of ether oxygens (including phenoxy) is 1. The fourth-order valence-corrected chi connectivity index (χ4v) is 3.63. The zero-order valence-electron chi connectivity index (χ0n) is 14.5. The third-order valence-corrected chi connectivity index (χ3v) is 4.97. The maximum absolute atomic E-state index is 12.8. The van der Waals surface area contributed by atoms with Crippen LogP contribution < -0.4 is 4.74 Å². The number of aliphatic hydroxyl groups is 1. The van der Waals surface area contributed by atoms with Gasteiger partial charge in [-0.15, -0.1) is 0 Å². The summed E-state index contributed by atoms with van der Waals surface area (Å²) in [4.78, 5) is 14.5. The molecule has 0 saturated carbocycles. The minimum atomic E-state index is -0.883. The van der Waals surface area contributed by atoms with E-state index >= 15 is 0 Å². The Morgan fingerprint density at radius 2 is 2.17 bits per heavy atom. The van der Waals surface area contributed by atoms with Crippen LogP contribution in [-0.4, -0.2) is 34.2 Å². The number of nitriles is 1. The number of aliphatic hydroxyl groups excluding tert-OH is 1. The highest BCUT2D eigenvalue weighted by Crippen LogP contribution is 2.45. The quantitative estimate of drug-likeness (QED) is 0.907. The van der Waals surface area contributed by atoms with Gasteiger partial charge < -0.3 is 14.7 Å². The number of rotatable bonds is 2. The molecule has 1 aromatic rings. The Kier molecular flexibility index (Phi) is 3.89. The van der Waals surface area contributed by atoms with E-state index in [2.05, 4.69) is 6.07 Å². The molecule has 2 atom stereocenters. The highest BCUT2D eigenvalue weighted by molar-refractivity contribution is 5.97. The third-order valence-electron chi connectivity index (χ3n) is 4.97. The van der Waals surface area contributed by atoms with Crippen LogP contribution in [0, 0.1) is 11.3 Å². The fourth-order valence-electron chi connectivity index (χ4n) is 3.63. The SMILES string of the molecule is CCC1=C(C)CN(C2c3cc(C#N)ccc3OC(C)(C)C2O)C1=O. The fraction of sp³-hybridized carbons (Fsp3) is 0.474. The van der Waals surface area contributed by atoms with Crippen molar-refractivity contribution < 1.29 is 14.6 Å². The Labute approximate surface area is 142 Å². The van der Waals surface area contributed by atoms with Crippen molar-refractivity contribution in [1.29, 1.82) is 5.26 Å². The molecule has 1 aromatic carbocycles. The van der Waals surface area contributed by atoms with Gasteiger partial charge >= 0.3 is 0 Å². The van der Waals surface area contributed by atoms with E-state index in [1.165, 1.54) is 0 Å². The van der Waals surface area contributed by atoms with E-state index in [1.807, 2.05) is 27.7 Å². The van der Waals surface area contributed by atoms with Crippen LogP contribution >= 0.6 is 0 Å². The number of amides is 1. The van der Waals surface area contributed by atoms with Gasteiger partial charge in [0.1, 0.15) is 17.5 Å². The van der Waals surface area contributed by atoms with Crippen molar-refractivity contribution in [3.05, 3.63) is 40.5 Å². The number of fused-ring (bicyclic) bond motifs is 1. The highest BCUT2D eigenvalue weighted by atomic mass is 16.5. The molecule has 2 heterocycles. The molecular weight excluding hydrogens is 304 g/mol. The number of carbonyl (C=O) groups excluding carboxylic acids is 1. The predicted molar refractivity (Wildman–Crippen MR) is 89.3 cm³/mol. The van der Waals surface area contributed by atoms with Crippen molar-refractivity contribution in [3.63, 3.8) is 0 Å². The average molecular weight is 326 g/mol. The van der Waals surface area contributed by atoms with Gasteiger partial charge in [0.05, 0.1) is 17.7 Å². The maximum Gasteiger partial charge on any atom is 0.250 e. The van der Waals surface area contributed by atoms with E-state index in [4.69, 9.17) is 4.74 Å². The smallest absolute Gasteiger partial charge is 0.250 e. The van der Waals surface area contributed by atoms with Gasteiger partial charge in [-0.05, 0) is 51.0 Å². The molecule has 0 saturated heterocycles. The summed E-state index contributed by atoms with van der Waals surface area (Å²) in [6.07, 6.45) is -0.207. The molecule has 126 valence electrons. The van der Waals surface area contributed by atoms with Crippen molar-refractivity contribution >= 4 is 5.91 Å². The summed E-state index contributed by atoms with van der Waals surface area (Å²) in [7, 11) is 0. The average Bonchev–Trinajstić information content (AvgIpc) is 2.82. The lowest BCUT2D eigenvalue weighted by Gasteiger charge is -2.45. The normalized spacial score (nSPS) is 25.3. The second-order valence-electron chi connectivity index (χ2n) is 7.01.